The summed E-state index contributed by atoms with van der Waals surface area (Å²) in [5.41, 5.74) is 4.80. The van der Waals surface area contributed by atoms with Gasteiger partial charge in [0.25, 0.3) is 0 Å². The number of phenolic OH excluding ortho intramolecular Hbond substituents is 1. The molecule has 0 heterocycles. The Labute approximate surface area is 209 Å². The molecule has 0 saturated carbocycles. The van der Waals surface area contributed by atoms with Crippen LogP contribution >= 0.6 is 7.60 Å². The molecule has 0 spiro atoms. The average molecular weight is 503 g/mol. The molecule has 0 bridgehead atoms. The summed E-state index contributed by atoms with van der Waals surface area (Å²) >= 11 is 0. The third-order valence-electron chi connectivity index (χ3n) is 5.75. The van der Waals surface area contributed by atoms with E-state index in [9.17, 15) is 14.5 Å². The van der Waals surface area contributed by atoms with Crippen molar-refractivity contribution in [2.45, 2.75) is 66.2 Å². The SMILES string of the molecule is C=C(C)c1ccc(C)cc1-c1c(O)cc(CCCCC)cc1OP(=O)(CCCC(=O)OCC)OC. The van der Waals surface area contributed by atoms with Crippen molar-refractivity contribution in [2.75, 3.05) is 19.9 Å². The molecule has 0 amide bonds. The van der Waals surface area contributed by atoms with Gasteiger partial charge in [-0.1, -0.05) is 55.7 Å². The Morgan fingerprint density at radius 2 is 1.86 bits per heavy atom. The number of benzene rings is 2. The summed E-state index contributed by atoms with van der Waals surface area (Å²) in [6, 6.07) is 9.49. The minimum atomic E-state index is -3.61. The fourth-order valence-corrected chi connectivity index (χ4v) is 5.27. The van der Waals surface area contributed by atoms with E-state index in [2.05, 4.69) is 13.5 Å². The van der Waals surface area contributed by atoms with E-state index in [1.54, 1.807) is 13.0 Å². The minimum absolute atomic E-state index is 0.0454. The number of unbranched alkanes of at least 4 members (excludes halogenated alkanes) is 2. The van der Waals surface area contributed by atoms with Crippen LogP contribution in [-0.4, -0.2) is 31.0 Å². The molecule has 0 aliphatic carbocycles. The van der Waals surface area contributed by atoms with E-state index in [0.29, 0.717) is 24.3 Å². The molecule has 0 aromatic heterocycles. The highest BCUT2D eigenvalue weighted by Crippen LogP contribution is 2.53. The van der Waals surface area contributed by atoms with Gasteiger partial charge in [-0.05, 0) is 68.9 Å². The standard InChI is InChI=1S/C28H39O6P/c1-7-9-10-12-22-18-25(29)28(24-17-21(5)14-15-23(24)20(3)4)26(19-22)34-35(31,32-6)16-11-13-27(30)33-8-2/h14-15,17-19,29H,3,7-13,16H2,1-2,4-6H3. The largest absolute Gasteiger partial charge is 0.507 e. The third-order valence-corrected chi connectivity index (χ3v) is 7.64. The Bertz CT molecular complexity index is 1080. The fraction of sp³-hybridized carbons (Fsp3) is 0.464. The maximum Gasteiger partial charge on any atom is 0.378 e. The number of carbonyl (C=O) groups is 1. The van der Waals surface area contributed by atoms with Crippen LogP contribution in [0.5, 0.6) is 11.5 Å². The molecule has 0 aliphatic heterocycles. The molecule has 1 N–H and O–H groups in total. The first kappa shape index (κ1) is 28.7. The molecule has 2 rings (SSSR count). The van der Waals surface area contributed by atoms with Gasteiger partial charge in [0.1, 0.15) is 11.5 Å². The van der Waals surface area contributed by atoms with Crippen molar-refractivity contribution in [3.05, 3.63) is 53.6 Å². The molecule has 0 aliphatic rings. The molecule has 1 unspecified atom stereocenters. The van der Waals surface area contributed by atoms with Gasteiger partial charge in [0, 0.05) is 13.5 Å². The molecule has 1 atom stereocenters. The molecule has 2 aromatic carbocycles. The van der Waals surface area contributed by atoms with Crippen molar-refractivity contribution in [2.24, 2.45) is 0 Å². The highest BCUT2D eigenvalue weighted by Gasteiger charge is 2.28. The highest BCUT2D eigenvalue weighted by molar-refractivity contribution is 7.54. The van der Waals surface area contributed by atoms with Crippen molar-refractivity contribution in [3.8, 4) is 22.6 Å². The molecule has 0 saturated heterocycles. The monoisotopic (exact) mass is 502 g/mol. The van der Waals surface area contributed by atoms with Gasteiger partial charge in [0.2, 0.25) is 0 Å². The number of aromatic hydroxyl groups is 1. The second kappa shape index (κ2) is 13.5. The third kappa shape index (κ3) is 8.26. The summed E-state index contributed by atoms with van der Waals surface area (Å²) in [6.45, 7) is 12.1. The molecule has 0 radical (unpaired) electrons. The van der Waals surface area contributed by atoms with Gasteiger partial charge in [-0.15, -0.1) is 0 Å². The van der Waals surface area contributed by atoms with E-state index in [1.807, 2.05) is 38.1 Å². The number of allylic oxidation sites excluding steroid dienone is 1. The van der Waals surface area contributed by atoms with Crippen LogP contribution in [0.25, 0.3) is 16.7 Å². The van der Waals surface area contributed by atoms with Gasteiger partial charge in [-0.3, -0.25) is 4.79 Å². The molecule has 7 heteroatoms. The number of ether oxygens (including phenoxy) is 1. The Morgan fingerprint density at radius 1 is 1.11 bits per heavy atom. The van der Waals surface area contributed by atoms with E-state index < -0.39 is 7.60 Å². The van der Waals surface area contributed by atoms with E-state index >= 15 is 0 Å². The average Bonchev–Trinajstić information content (AvgIpc) is 2.79. The van der Waals surface area contributed by atoms with E-state index in [-0.39, 0.29) is 24.3 Å². The van der Waals surface area contributed by atoms with Crippen molar-refractivity contribution in [3.63, 3.8) is 0 Å². The molecular weight excluding hydrogens is 463 g/mol. The van der Waals surface area contributed by atoms with Gasteiger partial charge in [0.05, 0.1) is 18.3 Å². The lowest BCUT2D eigenvalue weighted by Crippen LogP contribution is -2.07. The molecule has 0 fully saturated rings. The van der Waals surface area contributed by atoms with E-state index in [4.69, 9.17) is 13.8 Å². The van der Waals surface area contributed by atoms with Crippen LogP contribution in [-0.2, 0) is 25.0 Å². The summed E-state index contributed by atoms with van der Waals surface area (Å²) in [7, 11) is -2.27. The van der Waals surface area contributed by atoms with Crippen molar-refractivity contribution in [1.29, 1.82) is 0 Å². The maximum atomic E-state index is 13.5. The number of phenols is 1. The predicted molar refractivity (Wildman–Crippen MR) is 142 cm³/mol. The number of hydrogen-bond donors (Lipinski definition) is 1. The maximum absolute atomic E-state index is 13.5. The first-order valence-electron chi connectivity index (χ1n) is 12.3. The Kier molecular flexibility index (Phi) is 11.1. The lowest BCUT2D eigenvalue weighted by molar-refractivity contribution is -0.143. The minimum Gasteiger partial charge on any atom is -0.507 e. The summed E-state index contributed by atoms with van der Waals surface area (Å²) in [5, 5.41) is 11.2. The number of aryl methyl sites for hydroxylation is 2. The summed E-state index contributed by atoms with van der Waals surface area (Å²) < 4.78 is 29.9. The quantitative estimate of drug-likeness (QED) is 0.162. The van der Waals surface area contributed by atoms with Crippen LogP contribution < -0.4 is 4.52 Å². The first-order chi connectivity index (χ1) is 16.6. The second-order valence-corrected chi connectivity index (χ2v) is 11.0. The van der Waals surface area contributed by atoms with E-state index in [0.717, 1.165) is 53.5 Å². The predicted octanol–water partition coefficient (Wildman–Crippen LogP) is 7.70. The second-order valence-electron chi connectivity index (χ2n) is 8.79. The molecule has 192 valence electrons. The molecule has 35 heavy (non-hydrogen) atoms. The van der Waals surface area contributed by atoms with Crippen LogP contribution in [0.4, 0.5) is 0 Å². The summed E-state index contributed by atoms with van der Waals surface area (Å²) in [4.78, 5) is 11.7. The molecule has 2 aromatic rings. The zero-order valence-corrected chi connectivity index (χ0v) is 22.6. The molecular formula is C28H39O6P. The number of hydrogen-bond acceptors (Lipinski definition) is 6. The lowest BCUT2D eigenvalue weighted by Gasteiger charge is -2.22. The van der Waals surface area contributed by atoms with Gasteiger partial charge in [-0.2, -0.15) is 0 Å². The Morgan fingerprint density at radius 3 is 2.49 bits per heavy atom. The summed E-state index contributed by atoms with van der Waals surface area (Å²) in [6.07, 6.45) is 4.35. The van der Waals surface area contributed by atoms with Crippen LogP contribution in [0.15, 0.2) is 36.9 Å². The van der Waals surface area contributed by atoms with Gasteiger partial charge in [0.15, 0.2) is 0 Å². The molecule has 6 nitrogen and oxygen atoms in total. The van der Waals surface area contributed by atoms with Crippen molar-refractivity contribution < 1.29 is 28.3 Å². The van der Waals surface area contributed by atoms with Gasteiger partial charge >= 0.3 is 13.6 Å². The van der Waals surface area contributed by atoms with Crippen LogP contribution in [0.1, 0.15) is 69.6 Å². The fourth-order valence-electron chi connectivity index (χ4n) is 3.93. The smallest absolute Gasteiger partial charge is 0.378 e. The summed E-state index contributed by atoms with van der Waals surface area (Å²) in [5.74, 6) is -0.000500. The van der Waals surface area contributed by atoms with Gasteiger partial charge in [-0.25, -0.2) is 4.57 Å². The number of esters is 1. The van der Waals surface area contributed by atoms with Crippen LogP contribution in [0.3, 0.4) is 0 Å². The Hall–Kier alpha value is -2.56. The first-order valence-corrected chi connectivity index (χ1v) is 14.0. The van der Waals surface area contributed by atoms with Crippen LogP contribution in [0.2, 0.25) is 0 Å². The lowest BCUT2D eigenvalue weighted by atomic mass is 9.91. The van der Waals surface area contributed by atoms with E-state index in [1.165, 1.54) is 7.11 Å². The zero-order chi connectivity index (χ0) is 26.0. The Balaban J connectivity index is 2.52. The zero-order valence-electron chi connectivity index (χ0n) is 21.7. The normalized spacial score (nSPS) is 12.7. The van der Waals surface area contributed by atoms with Crippen molar-refractivity contribution in [1.82, 2.24) is 0 Å². The number of carbonyl (C=O) groups excluding carboxylic acids is 1. The van der Waals surface area contributed by atoms with Crippen LogP contribution in [0, 0.1) is 6.92 Å². The highest BCUT2D eigenvalue weighted by atomic mass is 31.2. The van der Waals surface area contributed by atoms with Crippen molar-refractivity contribution >= 4 is 19.1 Å². The topological polar surface area (TPSA) is 82.1 Å². The van der Waals surface area contributed by atoms with Gasteiger partial charge < -0.3 is 18.9 Å². The number of rotatable bonds is 14.